The SMILES string of the molecule is CCCC1CCC(NCC)C(N(CC)CCC)C1. The minimum Gasteiger partial charge on any atom is -0.313 e. The molecule has 0 heterocycles. The summed E-state index contributed by atoms with van der Waals surface area (Å²) in [5.41, 5.74) is 0. The second-order valence-corrected chi connectivity index (χ2v) is 5.83. The van der Waals surface area contributed by atoms with Crippen molar-refractivity contribution in [2.45, 2.75) is 78.3 Å². The van der Waals surface area contributed by atoms with Crippen LogP contribution in [0.25, 0.3) is 0 Å². The van der Waals surface area contributed by atoms with Crippen LogP contribution in [0.15, 0.2) is 0 Å². The van der Waals surface area contributed by atoms with Gasteiger partial charge in [0, 0.05) is 12.1 Å². The molecule has 108 valence electrons. The molecule has 0 bridgehead atoms. The standard InChI is InChI=1S/C16H34N2/c1-5-9-14-10-11-15(17-7-3)16(13-14)18(8-4)12-6-2/h14-17H,5-13H2,1-4H3. The van der Waals surface area contributed by atoms with Gasteiger partial charge in [0.25, 0.3) is 0 Å². The fourth-order valence-corrected chi connectivity index (χ4v) is 3.65. The van der Waals surface area contributed by atoms with E-state index < -0.39 is 0 Å². The number of nitrogens with one attached hydrogen (secondary N) is 1. The maximum Gasteiger partial charge on any atom is 0.0251 e. The topological polar surface area (TPSA) is 15.3 Å². The third kappa shape index (κ3) is 4.55. The van der Waals surface area contributed by atoms with Crippen molar-refractivity contribution in [3.05, 3.63) is 0 Å². The molecule has 0 aliphatic heterocycles. The molecule has 18 heavy (non-hydrogen) atoms. The van der Waals surface area contributed by atoms with E-state index in [1.165, 1.54) is 51.6 Å². The Hall–Kier alpha value is -0.0800. The molecule has 0 aromatic carbocycles. The summed E-state index contributed by atoms with van der Waals surface area (Å²) in [5, 5.41) is 3.73. The first-order chi connectivity index (χ1) is 8.76. The van der Waals surface area contributed by atoms with Crippen molar-refractivity contribution in [2.75, 3.05) is 19.6 Å². The van der Waals surface area contributed by atoms with Gasteiger partial charge in [-0.2, -0.15) is 0 Å². The Morgan fingerprint density at radius 3 is 2.39 bits per heavy atom. The zero-order valence-corrected chi connectivity index (χ0v) is 13.0. The zero-order chi connectivity index (χ0) is 13.4. The maximum atomic E-state index is 3.73. The van der Waals surface area contributed by atoms with Crippen LogP contribution in [0.4, 0.5) is 0 Å². The molecule has 1 N–H and O–H groups in total. The smallest absolute Gasteiger partial charge is 0.0251 e. The largest absolute Gasteiger partial charge is 0.313 e. The second-order valence-electron chi connectivity index (χ2n) is 5.83. The van der Waals surface area contributed by atoms with E-state index in [9.17, 15) is 0 Å². The Labute approximate surface area is 115 Å². The lowest BCUT2D eigenvalue weighted by Crippen LogP contribution is -2.53. The summed E-state index contributed by atoms with van der Waals surface area (Å²) in [6.07, 6.45) is 8.29. The van der Waals surface area contributed by atoms with E-state index in [2.05, 4.69) is 37.9 Å². The highest BCUT2D eigenvalue weighted by Crippen LogP contribution is 2.31. The molecule has 1 saturated carbocycles. The molecule has 2 heteroatoms. The van der Waals surface area contributed by atoms with Gasteiger partial charge in [0.15, 0.2) is 0 Å². The molecule has 0 amide bonds. The van der Waals surface area contributed by atoms with Crippen LogP contribution in [0.3, 0.4) is 0 Å². The van der Waals surface area contributed by atoms with E-state index >= 15 is 0 Å². The van der Waals surface area contributed by atoms with Crippen LogP contribution in [0.1, 0.15) is 66.2 Å². The summed E-state index contributed by atoms with van der Waals surface area (Å²) in [4.78, 5) is 2.72. The molecule has 1 aliphatic carbocycles. The molecule has 0 saturated heterocycles. The summed E-state index contributed by atoms with van der Waals surface area (Å²) in [7, 11) is 0. The molecule has 2 nitrogen and oxygen atoms in total. The van der Waals surface area contributed by atoms with E-state index in [1.807, 2.05) is 0 Å². The van der Waals surface area contributed by atoms with Crippen LogP contribution in [0.5, 0.6) is 0 Å². The van der Waals surface area contributed by atoms with Gasteiger partial charge in [-0.05, 0) is 51.2 Å². The van der Waals surface area contributed by atoms with Gasteiger partial charge >= 0.3 is 0 Å². The number of hydrogen-bond acceptors (Lipinski definition) is 2. The Bertz CT molecular complexity index is 197. The van der Waals surface area contributed by atoms with Crippen LogP contribution < -0.4 is 5.32 Å². The predicted octanol–water partition coefficient (Wildman–Crippen LogP) is 3.67. The molecule has 1 rings (SSSR count). The summed E-state index contributed by atoms with van der Waals surface area (Å²) in [5.74, 6) is 0.973. The Kier molecular flexibility index (Phi) is 7.92. The average Bonchev–Trinajstić information content (AvgIpc) is 2.38. The summed E-state index contributed by atoms with van der Waals surface area (Å²) in [6.45, 7) is 12.8. The van der Waals surface area contributed by atoms with Gasteiger partial charge in [-0.1, -0.05) is 40.5 Å². The van der Waals surface area contributed by atoms with Gasteiger partial charge in [0.2, 0.25) is 0 Å². The normalized spacial score (nSPS) is 28.8. The molecular formula is C16H34N2. The van der Waals surface area contributed by atoms with Crippen LogP contribution in [-0.2, 0) is 0 Å². The van der Waals surface area contributed by atoms with Crippen molar-refractivity contribution in [1.29, 1.82) is 0 Å². The van der Waals surface area contributed by atoms with Crippen LogP contribution in [-0.4, -0.2) is 36.6 Å². The van der Waals surface area contributed by atoms with Crippen molar-refractivity contribution in [2.24, 2.45) is 5.92 Å². The fourth-order valence-electron chi connectivity index (χ4n) is 3.65. The summed E-state index contributed by atoms with van der Waals surface area (Å²) in [6, 6.07) is 1.51. The van der Waals surface area contributed by atoms with Gasteiger partial charge in [0.05, 0.1) is 0 Å². The maximum absolute atomic E-state index is 3.73. The van der Waals surface area contributed by atoms with Crippen molar-refractivity contribution in [3.8, 4) is 0 Å². The lowest BCUT2D eigenvalue weighted by Gasteiger charge is -2.43. The Morgan fingerprint density at radius 2 is 1.83 bits per heavy atom. The molecular weight excluding hydrogens is 220 g/mol. The number of likely N-dealkylation sites (N-methyl/N-ethyl adjacent to an activating group) is 2. The predicted molar refractivity (Wildman–Crippen MR) is 81.0 cm³/mol. The van der Waals surface area contributed by atoms with E-state index in [0.717, 1.165) is 24.5 Å². The van der Waals surface area contributed by atoms with Crippen molar-refractivity contribution < 1.29 is 0 Å². The van der Waals surface area contributed by atoms with E-state index in [-0.39, 0.29) is 0 Å². The van der Waals surface area contributed by atoms with Gasteiger partial charge < -0.3 is 5.32 Å². The first-order valence-electron chi connectivity index (χ1n) is 8.24. The number of rotatable bonds is 8. The van der Waals surface area contributed by atoms with Crippen molar-refractivity contribution in [1.82, 2.24) is 10.2 Å². The van der Waals surface area contributed by atoms with Gasteiger partial charge in [-0.15, -0.1) is 0 Å². The fraction of sp³-hybridized carbons (Fsp3) is 1.00. The first-order valence-corrected chi connectivity index (χ1v) is 8.24. The first kappa shape index (κ1) is 16.0. The van der Waals surface area contributed by atoms with Crippen LogP contribution in [0, 0.1) is 5.92 Å². The molecule has 1 aliphatic rings. The van der Waals surface area contributed by atoms with E-state index in [4.69, 9.17) is 0 Å². The molecule has 3 atom stereocenters. The molecule has 0 aromatic rings. The lowest BCUT2D eigenvalue weighted by molar-refractivity contribution is 0.0988. The van der Waals surface area contributed by atoms with E-state index in [1.54, 1.807) is 0 Å². The molecule has 0 spiro atoms. The summed E-state index contributed by atoms with van der Waals surface area (Å²) >= 11 is 0. The molecule has 0 radical (unpaired) electrons. The lowest BCUT2D eigenvalue weighted by atomic mass is 9.79. The van der Waals surface area contributed by atoms with Gasteiger partial charge in [-0.3, -0.25) is 4.90 Å². The van der Waals surface area contributed by atoms with Gasteiger partial charge in [-0.25, -0.2) is 0 Å². The average molecular weight is 254 g/mol. The van der Waals surface area contributed by atoms with Crippen LogP contribution in [0.2, 0.25) is 0 Å². The number of hydrogen-bond donors (Lipinski definition) is 1. The summed E-state index contributed by atoms with van der Waals surface area (Å²) < 4.78 is 0. The Morgan fingerprint density at radius 1 is 1.06 bits per heavy atom. The second kappa shape index (κ2) is 8.92. The highest BCUT2D eigenvalue weighted by Gasteiger charge is 2.32. The molecule has 1 fully saturated rings. The third-order valence-corrected chi connectivity index (χ3v) is 4.47. The quantitative estimate of drug-likeness (QED) is 0.711. The zero-order valence-electron chi connectivity index (χ0n) is 13.0. The van der Waals surface area contributed by atoms with Crippen molar-refractivity contribution in [3.63, 3.8) is 0 Å². The molecule has 3 unspecified atom stereocenters. The number of nitrogens with zero attached hydrogens (tertiary/aromatic N) is 1. The molecule has 0 aromatic heterocycles. The highest BCUT2D eigenvalue weighted by atomic mass is 15.2. The van der Waals surface area contributed by atoms with E-state index in [0.29, 0.717) is 0 Å². The third-order valence-electron chi connectivity index (χ3n) is 4.47. The van der Waals surface area contributed by atoms with Gasteiger partial charge in [0.1, 0.15) is 0 Å². The minimum atomic E-state index is 0.731. The Balaban J connectivity index is 2.63. The highest BCUT2D eigenvalue weighted by molar-refractivity contribution is 4.90. The minimum absolute atomic E-state index is 0.731. The van der Waals surface area contributed by atoms with Crippen LogP contribution >= 0.6 is 0 Å². The monoisotopic (exact) mass is 254 g/mol. The van der Waals surface area contributed by atoms with Crippen molar-refractivity contribution >= 4 is 0 Å².